The lowest BCUT2D eigenvalue weighted by molar-refractivity contribution is -0.119. The van der Waals surface area contributed by atoms with Crippen molar-refractivity contribution < 1.29 is 27.8 Å². The predicted octanol–water partition coefficient (Wildman–Crippen LogP) is 3.13. The van der Waals surface area contributed by atoms with Gasteiger partial charge in [-0.2, -0.15) is 8.78 Å². The fraction of sp³-hybridized carbons (Fsp3) is 0.133. The third-order valence-corrected chi connectivity index (χ3v) is 2.88. The molecule has 0 saturated heterocycles. The number of ether oxygens (including phenoxy) is 2. The Morgan fingerprint density at radius 1 is 1.17 bits per heavy atom. The van der Waals surface area contributed by atoms with Crippen LogP contribution in [0.25, 0.3) is 0 Å². The quantitative estimate of drug-likeness (QED) is 0.635. The van der Waals surface area contributed by atoms with Crippen molar-refractivity contribution in [1.82, 2.24) is 4.98 Å². The number of anilines is 1. The second-order valence-corrected chi connectivity index (χ2v) is 4.78. The first-order valence-corrected chi connectivity index (χ1v) is 6.95. The van der Waals surface area contributed by atoms with E-state index in [1.165, 1.54) is 42.6 Å². The van der Waals surface area contributed by atoms with Gasteiger partial charge in [0, 0.05) is 11.9 Å². The van der Waals surface area contributed by atoms with Crippen molar-refractivity contribution in [1.29, 1.82) is 0 Å². The predicted molar refractivity (Wildman–Crippen MR) is 81.2 cm³/mol. The molecule has 0 spiro atoms. The average Bonchev–Trinajstić information content (AvgIpc) is 2.54. The third kappa shape index (κ3) is 5.47. The second kappa shape index (κ2) is 8.21. The molecule has 2 rings (SSSR count). The number of rotatable bonds is 6. The summed E-state index contributed by atoms with van der Waals surface area (Å²) in [5.41, 5.74) is 0.492. The van der Waals surface area contributed by atoms with Crippen LogP contribution in [0.5, 0.6) is 5.75 Å². The fourth-order valence-electron chi connectivity index (χ4n) is 1.63. The van der Waals surface area contributed by atoms with Crippen LogP contribution in [0.2, 0.25) is 5.15 Å². The van der Waals surface area contributed by atoms with Gasteiger partial charge in [0.25, 0.3) is 5.91 Å². The number of halogens is 3. The number of amides is 1. The Morgan fingerprint density at radius 2 is 1.88 bits per heavy atom. The molecule has 1 aromatic heterocycles. The zero-order valence-electron chi connectivity index (χ0n) is 12.0. The lowest BCUT2D eigenvalue weighted by Crippen LogP contribution is -2.21. The lowest BCUT2D eigenvalue weighted by Gasteiger charge is -2.08. The topological polar surface area (TPSA) is 77.5 Å². The number of esters is 1. The van der Waals surface area contributed by atoms with E-state index in [2.05, 4.69) is 15.0 Å². The molecule has 0 bridgehead atoms. The molecule has 1 N–H and O–H groups in total. The largest absolute Gasteiger partial charge is 0.452 e. The summed E-state index contributed by atoms with van der Waals surface area (Å²) >= 11 is 5.60. The van der Waals surface area contributed by atoms with Crippen LogP contribution in [0.1, 0.15) is 10.4 Å². The third-order valence-electron chi connectivity index (χ3n) is 2.66. The van der Waals surface area contributed by atoms with Gasteiger partial charge in [-0.1, -0.05) is 11.6 Å². The maximum Gasteiger partial charge on any atom is 0.387 e. The van der Waals surface area contributed by atoms with Gasteiger partial charge in [0.2, 0.25) is 0 Å². The van der Waals surface area contributed by atoms with Gasteiger partial charge in [-0.3, -0.25) is 4.79 Å². The van der Waals surface area contributed by atoms with E-state index in [9.17, 15) is 18.4 Å². The van der Waals surface area contributed by atoms with E-state index in [0.717, 1.165) is 0 Å². The molecule has 2 aromatic rings. The molecule has 6 nitrogen and oxygen atoms in total. The molecule has 0 unspecified atom stereocenters. The maximum absolute atomic E-state index is 12.0. The van der Waals surface area contributed by atoms with Crippen LogP contribution >= 0.6 is 11.6 Å². The summed E-state index contributed by atoms with van der Waals surface area (Å²) < 4.78 is 33.0. The summed E-state index contributed by atoms with van der Waals surface area (Å²) in [7, 11) is 0. The maximum atomic E-state index is 12.0. The van der Waals surface area contributed by atoms with Gasteiger partial charge < -0.3 is 14.8 Å². The van der Waals surface area contributed by atoms with Crippen LogP contribution in [-0.4, -0.2) is 30.1 Å². The van der Waals surface area contributed by atoms with Crippen molar-refractivity contribution in [2.45, 2.75) is 6.61 Å². The Labute approximate surface area is 140 Å². The number of pyridine rings is 1. The van der Waals surface area contributed by atoms with Crippen LogP contribution in [0.15, 0.2) is 42.6 Å². The van der Waals surface area contributed by atoms with Gasteiger partial charge in [0.1, 0.15) is 10.9 Å². The molecule has 1 amide bonds. The molecular formula is C15H11ClF2N2O4. The Bertz CT molecular complexity index is 708. The van der Waals surface area contributed by atoms with Crippen LogP contribution in [0.4, 0.5) is 14.5 Å². The zero-order valence-corrected chi connectivity index (χ0v) is 12.8. The van der Waals surface area contributed by atoms with Crippen molar-refractivity contribution in [2.75, 3.05) is 11.9 Å². The highest BCUT2D eigenvalue weighted by Crippen LogP contribution is 2.17. The molecule has 126 valence electrons. The highest BCUT2D eigenvalue weighted by Gasteiger charge is 2.11. The highest BCUT2D eigenvalue weighted by molar-refractivity contribution is 6.29. The number of aromatic nitrogens is 1. The summed E-state index contributed by atoms with van der Waals surface area (Å²) in [6.07, 6.45) is 1.23. The Balaban J connectivity index is 1.82. The van der Waals surface area contributed by atoms with Gasteiger partial charge >= 0.3 is 12.6 Å². The van der Waals surface area contributed by atoms with Crippen molar-refractivity contribution in [3.63, 3.8) is 0 Å². The molecule has 9 heteroatoms. The fourth-order valence-corrected chi connectivity index (χ4v) is 1.74. The van der Waals surface area contributed by atoms with E-state index in [0.29, 0.717) is 5.69 Å². The first-order chi connectivity index (χ1) is 11.4. The van der Waals surface area contributed by atoms with E-state index in [-0.39, 0.29) is 16.5 Å². The minimum atomic E-state index is -2.92. The van der Waals surface area contributed by atoms with E-state index in [1.54, 1.807) is 0 Å². The van der Waals surface area contributed by atoms with Gasteiger partial charge in [0.05, 0.1) is 5.56 Å². The summed E-state index contributed by atoms with van der Waals surface area (Å²) in [5, 5.41) is 2.67. The first-order valence-electron chi connectivity index (χ1n) is 6.57. The summed E-state index contributed by atoms with van der Waals surface area (Å²) in [6, 6.07) is 8.12. The number of benzene rings is 1. The van der Waals surface area contributed by atoms with Gasteiger partial charge in [-0.05, 0) is 36.4 Å². The van der Waals surface area contributed by atoms with Crippen molar-refractivity contribution in [2.24, 2.45) is 0 Å². The monoisotopic (exact) mass is 356 g/mol. The smallest absolute Gasteiger partial charge is 0.387 e. The zero-order chi connectivity index (χ0) is 17.5. The number of nitrogens with zero attached hydrogens (tertiary/aromatic N) is 1. The van der Waals surface area contributed by atoms with E-state index >= 15 is 0 Å². The molecule has 0 fully saturated rings. The molecular weight excluding hydrogens is 346 g/mol. The molecule has 0 aliphatic carbocycles. The summed E-state index contributed by atoms with van der Waals surface area (Å²) in [6.45, 7) is -3.44. The molecule has 1 aromatic carbocycles. The number of hydrogen-bond acceptors (Lipinski definition) is 5. The lowest BCUT2D eigenvalue weighted by atomic mass is 10.3. The van der Waals surface area contributed by atoms with Gasteiger partial charge in [-0.25, -0.2) is 9.78 Å². The van der Waals surface area contributed by atoms with E-state index in [1.807, 2.05) is 0 Å². The van der Waals surface area contributed by atoms with E-state index < -0.39 is 25.1 Å². The number of carbonyl (C=O) groups excluding carboxylic acids is 2. The Kier molecular flexibility index (Phi) is 6.02. The van der Waals surface area contributed by atoms with Gasteiger partial charge in [0.15, 0.2) is 6.61 Å². The standard InChI is InChI=1S/C15H11ClF2N2O4/c16-12-6-1-9(7-19-12)14(22)23-8-13(21)20-10-2-4-11(5-3-10)24-15(17)18/h1-7,15H,8H2,(H,20,21). The molecule has 1 heterocycles. The Morgan fingerprint density at radius 3 is 2.46 bits per heavy atom. The highest BCUT2D eigenvalue weighted by atomic mass is 35.5. The molecule has 0 aliphatic heterocycles. The number of hydrogen-bond donors (Lipinski definition) is 1. The summed E-state index contributed by atoms with van der Waals surface area (Å²) in [4.78, 5) is 27.1. The van der Waals surface area contributed by atoms with Gasteiger partial charge in [-0.15, -0.1) is 0 Å². The minimum absolute atomic E-state index is 0.0373. The van der Waals surface area contributed by atoms with Crippen molar-refractivity contribution in [3.05, 3.63) is 53.3 Å². The number of alkyl halides is 2. The molecule has 24 heavy (non-hydrogen) atoms. The van der Waals surface area contributed by atoms with Crippen LogP contribution in [-0.2, 0) is 9.53 Å². The average molecular weight is 357 g/mol. The first kappa shape index (κ1) is 17.6. The minimum Gasteiger partial charge on any atom is -0.452 e. The summed E-state index contributed by atoms with van der Waals surface area (Å²) in [5.74, 6) is -1.35. The molecule has 0 aliphatic rings. The molecule has 0 radical (unpaired) electrons. The number of nitrogens with one attached hydrogen (secondary N) is 1. The normalized spacial score (nSPS) is 10.3. The SMILES string of the molecule is O=C(COC(=O)c1ccc(Cl)nc1)Nc1ccc(OC(F)F)cc1. The van der Waals surface area contributed by atoms with Crippen LogP contribution in [0.3, 0.4) is 0 Å². The molecule has 0 atom stereocenters. The van der Waals surface area contributed by atoms with Crippen molar-refractivity contribution >= 4 is 29.2 Å². The van der Waals surface area contributed by atoms with Crippen LogP contribution in [0, 0.1) is 0 Å². The Hall–Kier alpha value is -2.74. The molecule has 0 saturated carbocycles. The van der Waals surface area contributed by atoms with Crippen LogP contribution < -0.4 is 10.1 Å². The number of carbonyl (C=O) groups is 2. The second-order valence-electron chi connectivity index (χ2n) is 4.40. The van der Waals surface area contributed by atoms with Crippen molar-refractivity contribution in [3.8, 4) is 5.75 Å². The van der Waals surface area contributed by atoms with E-state index in [4.69, 9.17) is 16.3 Å².